The Labute approximate surface area is 145 Å². The van der Waals surface area contributed by atoms with Gasteiger partial charge in [-0.2, -0.15) is 0 Å². The lowest BCUT2D eigenvalue weighted by atomic mass is 10.1. The third-order valence-corrected chi connectivity index (χ3v) is 3.88. The molecule has 1 aromatic heterocycles. The second-order valence-electron chi connectivity index (χ2n) is 5.48. The molecule has 0 atom stereocenters. The lowest BCUT2D eigenvalue weighted by Crippen LogP contribution is -2.31. The third kappa shape index (κ3) is 3.88. The number of aromatic amines is 1. The van der Waals surface area contributed by atoms with Gasteiger partial charge in [0.1, 0.15) is 5.69 Å². The lowest BCUT2D eigenvalue weighted by molar-refractivity contribution is -0.121. The molecule has 2 aromatic rings. The molecule has 0 fully saturated rings. The van der Waals surface area contributed by atoms with Crippen LogP contribution in [0.1, 0.15) is 32.1 Å². The number of ether oxygens (including phenoxy) is 2. The van der Waals surface area contributed by atoms with Gasteiger partial charge in [0.2, 0.25) is 0 Å². The van der Waals surface area contributed by atoms with Gasteiger partial charge >= 0.3 is 11.9 Å². The van der Waals surface area contributed by atoms with Gasteiger partial charge in [0.25, 0.3) is 5.91 Å². The maximum atomic E-state index is 12.2. The number of nitrogens with one attached hydrogen (secondary N) is 1. The molecule has 0 bridgehead atoms. The second kappa shape index (κ2) is 7.65. The summed E-state index contributed by atoms with van der Waals surface area (Å²) in [6.07, 6.45) is 0. The molecule has 0 saturated carbocycles. The van der Waals surface area contributed by atoms with Crippen molar-refractivity contribution in [2.75, 3.05) is 25.7 Å². The van der Waals surface area contributed by atoms with Crippen LogP contribution in [-0.4, -0.2) is 43.6 Å². The zero-order chi connectivity index (χ0) is 18.6. The molecule has 1 aromatic carbocycles. The van der Waals surface area contributed by atoms with E-state index in [2.05, 4.69) is 4.98 Å². The van der Waals surface area contributed by atoms with Gasteiger partial charge in [-0.05, 0) is 31.5 Å². The molecular weight excluding hydrogens is 324 g/mol. The molecule has 1 heterocycles. The number of aryl methyl sites for hydroxylation is 1. The van der Waals surface area contributed by atoms with E-state index in [0.29, 0.717) is 22.5 Å². The van der Waals surface area contributed by atoms with Gasteiger partial charge in [0.15, 0.2) is 6.61 Å². The highest BCUT2D eigenvalue weighted by atomic mass is 16.5. The summed E-state index contributed by atoms with van der Waals surface area (Å²) >= 11 is 0. The number of anilines is 1. The number of esters is 2. The minimum atomic E-state index is -0.703. The van der Waals surface area contributed by atoms with Crippen molar-refractivity contribution < 1.29 is 23.9 Å². The first kappa shape index (κ1) is 18.3. The maximum Gasteiger partial charge on any atom is 0.355 e. The number of nitrogens with zero attached hydrogens (tertiary/aromatic N) is 1. The molecule has 0 saturated heterocycles. The van der Waals surface area contributed by atoms with Crippen molar-refractivity contribution in [3.8, 4) is 0 Å². The van der Waals surface area contributed by atoms with E-state index in [4.69, 9.17) is 9.47 Å². The molecule has 0 radical (unpaired) electrons. The third-order valence-electron chi connectivity index (χ3n) is 3.88. The Kier molecular flexibility index (Phi) is 5.59. The van der Waals surface area contributed by atoms with Crippen molar-refractivity contribution in [3.63, 3.8) is 0 Å². The Balaban J connectivity index is 2.06. The number of para-hydroxylation sites is 1. The zero-order valence-electron chi connectivity index (χ0n) is 14.6. The highest BCUT2D eigenvalue weighted by Crippen LogP contribution is 2.19. The van der Waals surface area contributed by atoms with Crippen molar-refractivity contribution in [1.82, 2.24) is 4.98 Å². The summed E-state index contributed by atoms with van der Waals surface area (Å²) in [6, 6.07) is 9.02. The van der Waals surface area contributed by atoms with Crippen molar-refractivity contribution >= 4 is 23.5 Å². The largest absolute Gasteiger partial charge is 0.465 e. The van der Waals surface area contributed by atoms with Crippen molar-refractivity contribution in [2.45, 2.75) is 13.8 Å². The van der Waals surface area contributed by atoms with E-state index in [9.17, 15) is 14.4 Å². The number of hydrogen-bond acceptors (Lipinski definition) is 5. The van der Waals surface area contributed by atoms with Gasteiger partial charge in [-0.15, -0.1) is 0 Å². The topological polar surface area (TPSA) is 88.7 Å². The molecule has 7 nitrogen and oxygen atoms in total. The first-order chi connectivity index (χ1) is 11.9. The van der Waals surface area contributed by atoms with Gasteiger partial charge in [0.05, 0.1) is 12.7 Å². The zero-order valence-corrected chi connectivity index (χ0v) is 14.6. The summed E-state index contributed by atoms with van der Waals surface area (Å²) in [5.74, 6) is -1.61. The van der Waals surface area contributed by atoms with Crippen LogP contribution >= 0.6 is 0 Å². The summed E-state index contributed by atoms with van der Waals surface area (Å²) in [5.41, 5.74) is 2.06. The van der Waals surface area contributed by atoms with Gasteiger partial charge in [-0.25, -0.2) is 9.59 Å². The number of hydrogen-bond donors (Lipinski definition) is 1. The van der Waals surface area contributed by atoms with Crippen LogP contribution < -0.4 is 4.90 Å². The van der Waals surface area contributed by atoms with Gasteiger partial charge in [-0.3, -0.25) is 4.79 Å². The average Bonchev–Trinajstić information content (AvgIpc) is 2.93. The molecule has 0 spiro atoms. The maximum absolute atomic E-state index is 12.2. The molecule has 0 unspecified atom stereocenters. The number of carbonyl (C=O) groups is 3. The van der Waals surface area contributed by atoms with Crippen molar-refractivity contribution in [1.29, 1.82) is 0 Å². The predicted molar refractivity (Wildman–Crippen MR) is 91.7 cm³/mol. The minimum Gasteiger partial charge on any atom is -0.465 e. The highest BCUT2D eigenvalue weighted by Gasteiger charge is 2.24. The van der Waals surface area contributed by atoms with Crippen molar-refractivity contribution in [2.24, 2.45) is 0 Å². The summed E-state index contributed by atoms with van der Waals surface area (Å²) in [4.78, 5) is 40.3. The molecule has 0 aliphatic rings. The number of rotatable bonds is 5. The number of likely N-dealkylation sites (N-methyl/N-ethyl adjacent to an activating group) is 1. The van der Waals surface area contributed by atoms with E-state index in [1.54, 1.807) is 33.0 Å². The second-order valence-corrected chi connectivity index (χ2v) is 5.48. The van der Waals surface area contributed by atoms with Crippen LogP contribution in [0.2, 0.25) is 0 Å². The Bertz CT molecular complexity index is 795. The van der Waals surface area contributed by atoms with Crippen LogP contribution in [-0.2, 0) is 14.3 Å². The molecule has 1 amide bonds. The van der Waals surface area contributed by atoms with E-state index in [1.807, 2.05) is 18.2 Å². The van der Waals surface area contributed by atoms with Crippen LogP contribution in [0.4, 0.5) is 5.69 Å². The predicted octanol–water partition coefficient (Wildman–Crippen LogP) is 2.24. The molecule has 25 heavy (non-hydrogen) atoms. The number of methoxy groups -OCH3 is 1. The molecular formula is C18H20N2O5. The summed E-state index contributed by atoms with van der Waals surface area (Å²) in [7, 11) is 2.87. The van der Waals surface area contributed by atoms with Crippen LogP contribution in [0.5, 0.6) is 0 Å². The van der Waals surface area contributed by atoms with Crippen LogP contribution in [0, 0.1) is 13.8 Å². The van der Waals surface area contributed by atoms with E-state index >= 15 is 0 Å². The average molecular weight is 344 g/mol. The van der Waals surface area contributed by atoms with Gasteiger partial charge in [0, 0.05) is 18.4 Å². The number of aromatic nitrogens is 1. The number of H-pyrrole nitrogens is 1. The monoisotopic (exact) mass is 344 g/mol. The summed E-state index contributed by atoms with van der Waals surface area (Å²) in [5, 5.41) is 0. The quantitative estimate of drug-likeness (QED) is 0.840. The Morgan fingerprint density at radius 3 is 2.32 bits per heavy atom. The normalized spacial score (nSPS) is 10.2. The van der Waals surface area contributed by atoms with Gasteiger partial charge < -0.3 is 19.4 Å². The Morgan fingerprint density at radius 1 is 1.08 bits per heavy atom. The van der Waals surface area contributed by atoms with E-state index in [1.165, 1.54) is 12.0 Å². The van der Waals surface area contributed by atoms with E-state index < -0.39 is 18.5 Å². The molecule has 1 N–H and O–H groups in total. The highest BCUT2D eigenvalue weighted by molar-refractivity contribution is 6.00. The fourth-order valence-corrected chi connectivity index (χ4v) is 2.45. The molecule has 2 rings (SSSR count). The number of benzene rings is 1. The van der Waals surface area contributed by atoms with Gasteiger partial charge in [-0.1, -0.05) is 18.2 Å². The Morgan fingerprint density at radius 2 is 1.72 bits per heavy atom. The Hall–Kier alpha value is -3.09. The summed E-state index contributed by atoms with van der Waals surface area (Å²) in [6.45, 7) is 2.87. The van der Waals surface area contributed by atoms with E-state index in [0.717, 1.165) is 0 Å². The minimum absolute atomic E-state index is 0.132. The fourth-order valence-electron chi connectivity index (χ4n) is 2.45. The smallest absolute Gasteiger partial charge is 0.355 e. The van der Waals surface area contributed by atoms with Crippen LogP contribution in [0.15, 0.2) is 30.3 Å². The number of carbonyl (C=O) groups excluding carboxylic acids is 3. The van der Waals surface area contributed by atoms with Crippen LogP contribution in [0.25, 0.3) is 0 Å². The number of amides is 1. The van der Waals surface area contributed by atoms with E-state index in [-0.39, 0.29) is 11.6 Å². The molecule has 132 valence electrons. The molecule has 7 heteroatoms. The molecule has 0 aliphatic carbocycles. The van der Waals surface area contributed by atoms with Crippen molar-refractivity contribution in [3.05, 3.63) is 52.8 Å². The first-order valence-corrected chi connectivity index (χ1v) is 7.63. The lowest BCUT2D eigenvalue weighted by Gasteiger charge is -2.17. The molecule has 0 aliphatic heterocycles. The standard InChI is InChI=1S/C18H20N2O5/c1-11-15(17(22)24-4)12(2)19-16(11)18(23)25-10-14(21)20(3)13-8-6-5-7-9-13/h5-9,19H,10H2,1-4H3. The fraction of sp³-hybridized carbons (Fsp3) is 0.278. The van der Waals surface area contributed by atoms with Crippen LogP contribution in [0.3, 0.4) is 0 Å². The first-order valence-electron chi connectivity index (χ1n) is 7.63. The SMILES string of the molecule is COC(=O)c1c(C)[nH]c(C(=O)OCC(=O)N(C)c2ccccc2)c1C. The summed E-state index contributed by atoms with van der Waals surface area (Å²) < 4.78 is 9.78.